The lowest BCUT2D eigenvalue weighted by Gasteiger charge is -2.16. The van der Waals surface area contributed by atoms with E-state index in [0.29, 0.717) is 17.7 Å². The molecule has 94 valence electrons. The molecule has 1 unspecified atom stereocenters. The van der Waals surface area contributed by atoms with E-state index in [0.717, 1.165) is 11.1 Å². The van der Waals surface area contributed by atoms with E-state index < -0.39 is 11.9 Å². The quantitative estimate of drug-likeness (QED) is 0.844. The molecule has 0 fully saturated rings. The molecule has 0 amide bonds. The van der Waals surface area contributed by atoms with Crippen molar-refractivity contribution >= 4 is 5.97 Å². The SMILES string of the molecule is COc1c(C)cc(C)c(CC(C)C(=O)O)c1O. The Morgan fingerprint density at radius 2 is 2.00 bits per heavy atom. The van der Waals surface area contributed by atoms with Gasteiger partial charge in [-0.05, 0) is 31.4 Å². The maximum absolute atomic E-state index is 10.8. The Kier molecular flexibility index (Phi) is 3.99. The molecule has 0 radical (unpaired) electrons. The zero-order valence-corrected chi connectivity index (χ0v) is 10.6. The highest BCUT2D eigenvalue weighted by Gasteiger charge is 2.19. The van der Waals surface area contributed by atoms with Gasteiger partial charge >= 0.3 is 5.97 Å². The van der Waals surface area contributed by atoms with E-state index in [-0.39, 0.29) is 5.75 Å². The number of aryl methyl sites for hydroxylation is 2. The molecule has 0 heterocycles. The normalized spacial score (nSPS) is 12.2. The Hall–Kier alpha value is -1.71. The van der Waals surface area contributed by atoms with E-state index >= 15 is 0 Å². The van der Waals surface area contributed by atoms with Crippen molar-refractivity contribution < 1.29 is 19.7 Å². The van der Waals surface area contributed by atoms with Crippen LogP contribution in [0, 0.1) is 19.8 Å². The number of ether oxygens (including phenoxy) is 1. The first kappa shape index (κ1) is 13.4. The summed E-state index contributed by atoms with van der Waals surface area (Å²) in [5.41, 5.74) is 2.37. The van der Waals surface area contributed by atoms with Gasteiger partial charge in [-0.2, -0.15) is 0 Å². The highest BCUT2D eigenvalue weighted by molar-refractivity contribution is 5.70. The number of rotatable bonds is 4. The Bertz CT molecular complexity index is 438. The highest BCUT2D eigenvalue weighted by Crippen LogP contribution is 2.36. The maximum Gasteiger partial charge on any atom is 0.306 e. The first-order valence-corrected chi connectivity index (χ1v) is 5.47. The molecule has 0 aromatic heterocycles. The summed E-state index contributed by atoms with van der Waals surface area (Å²) in [4.78, 5) is 10.8. The number of aliphatic carboxylic acids is 1. The van der Waals surface area contributed by atoms with Gasteiger partial charge in [0.2, 0.25) is 0 Å². The number of carbonyl (C=O) groups is 1. The van der Waals surface area contributed by atoms with Gasteiger partial charge < -0.3 is 14.9 Å². The molecule has 1 rings (SSSR count). The van der Waals surface area contributed by atoms with Crippen LogP contribution in [0.1, 0.15) is 23.6 Å². The first-order chi connectivity index (χ1) is 7.88. The lowest BCUT2D eigenvalue weighted by atomic mass is 9.94. The van der Waals surface area contributed by atoms with Crippen molar-refractivity contribution in [2.45, 2.75) is 27.2 Å². The fraction of sp³-hybridized carbons (Fsp3) is 0.462. The molecule has 0 aliphatic heterocycles. The molecule has 1 aromatic carbocycles. The Morgan fingerprint density at radius 1 is 1.41 bits per heavy atom. The summed E-state index contributed by atoms with van der Waals surface area (Å²) in [5, 5.41) is 19.0. The number of hydrogen-bond acceptors (Lipinski definition) is 3. The second-order valence-corrected chi connectivity index (χ2v) is 4.31. The van der Waals surface area contributed by atoms with Crippen molar-refractivity contribution in [2.75, 3.05) is 7.11 Å². The molecule has 17 heavy (non-hydrogen) atoms. The van der Waals surface area contributed by atoms with Crippen LogP contribution in [0.15, 0.2) is 6.07 Å². The number of benzene rings is 1. The summed E-state index contributed by atoms with van der Waals surface area (Å²) >= 11 is 0. The molecule has 0 spiro atoms. The van der Waals surface area contributed by atoms with Crippen LogP contribution in [0.3, 0.4) is 0 Å². The second-order valence-electron chi connectivity index (χ2n) is 4.31. The zero-order valence-electron chi connectivity index (χ0n) is 10.6. The summed E-state index contributed by atoms with van der Waals surface area (Å²) in [5.74, 6) is -0.934. The van der Waals surface area contributed by atoms with Gasteiger partial charge in [0.1, 0.15) is 0 Å². The Labute approximate surface area is 101 Å². The average Bonchev–Trinajstić information content (AvgIpc) is 2.24. The fourth-order valence-corrected chi connectivity index (χ4v) is 1.90. The molecule has 4 nitrogen and oxygen atoms in total. The summed E-state index contributed by atoms with van der Waals surface area (Å²) in [6, 6.07) is 1.89. The van der Waals surface area contributed by atoms with Gasteiger partial charge in [-0.1, -0.05) is 13.0 Å². The van der Waals surface area contributed by atoms with Crippen LogP contribution in [0.25, 0.3) is 0 Å². The maximum atomic E-state index is 10.8. The minimum Gasteiger partial charge on any atom is -0.504 e. The largest absolute Gasteiger partial charge is 0.504 e. The van der Waals surface area contributed by atoms with Crippen LogP contribution in [-0.4, -0.2) is 23.3 Å². The van der Waals surface area contributed by atoms with Crippen molar-refractivity contribution in [1.29, 1.82) is 0 Å². The Balaban J connectivity index is 3.20. The fourth-order valence-electron chi connectivity index (χ4n) is 1.90. The van der Waals surface area contributed by atoms with Crippen molar-refractivity contribution in [3.63, 3.8) is 0 Å². The molecular formula is C13H18O4. The third kappa shape index (κ3) is 2.70. The van der Waals surface area contributed by atoms with E-state index in [9.17, 15) is 9.90 Å². The van der Waals surface area contributed by atoms with Crippen molar-refractivity contribution in [2.24, 2.45) is 5.92 Å². The predicted molar refractivity (Wildman–Crippen MR) is 64.6 cm³/mol. The van der Waals surface area contributed by atoms with Gasteiger partial charge in [-0.15, -0.1) is 0 Å². The highest BCUT2D eigenvalue weighted by atomic mass is 16.5. The molecule has 4 heteroatoms. The van der Waals surface area contributed by atoms with Crippen LogP contribution >= 0.6 is 0 Å². The van der Waals surface area contributed by atoms with Crippen LogP contribution in [0.5, 0.6) is 11.5 Å². The molecule has 0 saturated heterocycles. The summed E-state index contributed by atoms with van der Waals surface area (Å²) in [6.45, 7) is 5.32. The topological polar surface area (TPSA) is 66.8 Å². The molecule has 1 atom stereocenters. The molecule has 0 bridgehead atoms. The van der Waals surface area contributed by atoms with Gasteiger partial charge in [-0.25, -0.2) is 0 Å². The van der Waals surface area contributed by atoms with Crippen molar-refractivity contribution in [3.8, 4) is 11.5 Å². The predicted octanol–water partition coefficient (Wildman–Crippen LogP) is 2.28. The second kappa shape index (κ2) is 5.08. The van der Waals surface area contributed by atoms with E-state index in [4.69, 9.17) is 9.84 Å². The molecule has 0 aliphatic rings. The third-order valence-corrected chi connectivity index (χ3v) is 2.90. The van der Waals surface area contributed by atoms with Gasteiger partial charge in [0.05, 0.1) is 13.0 Å². The monoisotopic (exact) mass is 238 g/mol. The molecular weight excluding hydrogens is 220 g/mol. The number of carboxylic acid groups (broad SMARTS) is 1. The van der Waals surface area contributed by atoms with Crippen molar-refractivity contribution in [3.05, 3.63) is 22.8 Å². The molecule has 1 aromatic rings. The minimum absolute atomic E-state index is 0.0538. The van der Waals surface area contributed by atoms with Crippen molar-refractivity contribution in [1.82, 2.24) is 0 Å². The number of aromatic hydroxyl groups is 1. The van der Waals surface area contributed by atoms with Gasteiger partial charge in [0.15, 0.2) is 11.5 Å². The Morgan fingerprint density at radius 3 is 2.47 bits per heavy atom. The van der Waals surface area contributed by atoms with E-state index in [1.165, 1.54) is 7.11 Å². The number of phenols is 1. The van der Waals surface area contributed by atoms with E-state index in [1.807, 2.05) is 19.9 Å². The molecule has 0 aliphatic carbocycles. The van der Waals surface area contributed by atoms with Gasteiger partial charge in [0.25, 0.3) is 0 Å². The lowest BCUT2D eigenvalue weighted by Crippen LogP contribution is -2.13. The lowest BCUT2D eigenvalue weighted by molar-refractivity contribution is -0.141. The molecule has 0 saturated carbocycles. The van der Waals surface area contributed by atoms with Gasteiger partial charge in [-0.3, -0.25) is 4.79 Å². The standard InChI is InChI=1S/C13H18O4/c1-7-5-8(2)12(17-4)11(14)10(7)6-9(3)13(15)16/h5,9,14H,6H2,1-4H3,(H,15,16). The zero-order chi connectivity index (χ0) is 13.2. The number of methoxy groups -OCH3 is 1. The summed E-state index contributed by atoms with van der Waals surface area (Å²) < 4.78 is 5.12. The van der Waals surface area contributed by atoms with E-state index in [1.54, 1.807) is 6.92 Å². The van der Waals surface area contributed by atoms with E-state index in [2.05, 4.69) is 0 Å². The summed E-state index contributed by atoms with van der Waals surface area (Å²) in [6.07, 6.45) is 0.295. The van der Waals surface area contributed by atoms with Crippen LogP contribution < -0.4 is 4.74 Å². The first-order valence-electron chi connectivity index (χ1n) is 5.47. The van der Waals surface area contributed by atoms with Crippen LogP contribution in [0.2, 0.25) is 0 Å². The minimum atomic E-state index is -0.872. The average molecular weight is 238 g/mol. The summed E-state index contributed by atoms with van der Waals surface area (Å²) in [7, 11) is 1.49. The third-order valence-electron chi connectivity index (χ3n) is 2.90. The smallest absolute Gasteiger partial charge is 0.306 e. The number of hydrogen-bond donors (Lipinski definition) is 2. The van der Waals surface area contributed by atoms with Gasteiger partial charge in [0, 0.05) is 5.56 Å². The van der Waals surface area contributed by atoms with Crippen LogP contribution in [-0.2, 0) is 11.2 Å². The number of phenolic OH excluding ortho intramolecular Hbond substituents is 1. The molecule has 2 N–H and O–H groups in total. The van der Waals surface area contributed by atoms with Crippen LogP contribution in [0.4, 0.5) is 0 Å². The number of carboxylic acids is 1.